The Kier molecular flexibility index (Phi) is 2.74. The molecule has 2 heterocycles. The van der Waals surface area contributed by atoms with Gasteiger partial charge in [-0.2, -0.15) is 5.26 Å². The van der Waals surface area contributed by atoms with E-state index >= 15 is 0 Å². The monoisotopic (exact) mass is 259 g/mol. The summed E-state index contributed by atoms with van der Waals surface area (Å²) in [5.74, 6) is 2.02. The summed E-state index contributed by atoms with van der Waals surface area (Å²) in [6.07, 6.45) is 0. The van der Waals surface area contributed by atoms with Crippen LogP contribution in [0, 0.1) is 11.3 Å². The molecule has 6 heteroatoms. The van der Waals surface area contributed by atoms with E-state index in [1.165, 1.54) is 11.3 Å². The summed E-state index contributed by atoms with van der Waals surface area (Å²) in [5, 5.41) is 12.0. The predicted octanol–water partition coefficient (Wildman–Crippen LogP) is 2.53. The molecule has 0 unspecified atom stereocenters. The Morgan fingerprint density at radius 2 is 2.11 bits per heavy atom. The van der Waals surface area contributed by atoms with Crippen molar-refractivity contribution < 1.29 is 9.47 Å². The minimum atomic E-state index is 0.552. The minimum absolute atomic E-state index is 0.552. The van der Waals surface area contributed by atoms with Gasteiger partial charge in [0.15, 0.2) is 17.3 Å². The average molecular weight is 259 g/mol. The lowest BCUT2D eigenvalue weighted by Gasteiger charge is -2.18. The van der Waals surface area contributed by atoms with E-state index in [-0.39, 0.29) is 0 Å². The maximum Gasteiger partial charge on any atom is 0.163 e. The molecule has 0 aliphatic carbocycles. The number of hydrogen-bond donors (Lipinski definition) is 1. The van der Waals surface area contributed by atoms with Gasteiger partial charge < -0.3 is 14.8 Å². The first-order valence-electron chi connectivity index (χ1n) is 5.37. The molecule has 0 atom stereocenters. The van der Waals surface area contributed by atoms with E-state index in [2.05, 4.69) is 16.4 Å². The second kappa shape index (κ2) is 4.55. The molecule has 2 aromatic rings. The number of hydrogen-bond acceptors (Lipinski definition) is 6. The fourth-order valence-corrected chi connectivity index (χ4v) is 2.20. The van der Waals surface area contributed by atoms with Crippen LogP contribution in [0.15, 0.2) is 23.7 Å². The Bertz CT molecular complexity index is 618. The van der Waals surface area contributed by atoms with Gasteiger partial charge >= 0.3 is 0 Å². The number of aromatic nitrogens is 1. The molecule has 1 aromatic heterocycles. The lowest BCUT2D eigenvalue weighted by atomic mass is 10.2. The number of anilines is 2. The number of nitrogens with zero attached hydrogens (tertiary/aromatic N) is 2. The summed E-state index contributed by atoms with van der Waals surface area (Å²) < 4.78 is 10.9. The molecule has 0 bridgehead atoms. The van der Waals surface area contributed by atoms with Crippen molar-refractivity contribution in [2.75, 3.05) is 18.5 Å². The molecule has 5 nitrogen and oxygen atoms in total. The van der Waals surface area contributed by atoms with Gasteiger partial charge in [-0.05, 0) is 12.1 Å². The molecular weight excluding hydrogens is 250 g/mol. The fraction of sp³-hybridized carbons (Fsp3) is 0.167. The molecule has 0 radical (unpaired) electrons. The number of rotatable bonds is 2. The second-order valence-corrected chi connectivity index (χ2v) is 4.48. The van der Waals surface area contributed by atoms with Gasteiger partial charge in [0.2, 0.25) is 0 Å². The molecule has 1 aromatic carbocycles. The molecule has 0 amide bonds. The summed E-state index contributed by atoms with van der Waals surface area (Å²) in [5.41, 5.74) is 2.46. The molecule has 0 spiro atoms. The highest BCUT2D eigenvalue weighted by atomic mass is 32.1. The highest BCUT2D eigenvalue weighted by Gasteiger charge is 2.12. The Labute approximate surface area is 108 Å². The Balaban J connectivity index is 1.87. The molecule has 0 saturated carbocycles. The molecule has 1 aliphatic heterocycles. The lowest BCUT2D eigenvalue weighted by Crippen LogP contribution is -2.15. The van der Waals surface area contributed by atoms with Crippen LogP contribution >= 0.6 is 11.3 Å². The van der Waals surface area contributed by atoms with Crippen molar-refractivity contribution in [2.45, 2.75) is 0 Å². The SMILES string of the molecule is N#Cc1scnc1Nc1ccc2c(c1)OCCO2. The normalized spacial score (nSPS) is 12.8. The number of nitrogens with one attached hydrogen (secondary N) is 1. The Morgan fingerprint density at radius 1 is 1.28 bits per heavy atom. The van der Waals surface area contributed by atoms with Crippen LogP contribution in [0.4, 0.5) is 11.5 Å². The largest absolute Gasteiger partial charge is 0.486 e. The van der Waals surface area contributed by atoms with Crippen LogP contribution in [0.3, 0.4) is 0 Å². The third-order valence-corrected chi connectivity index (χ3v) is 3.21. The maximum atomic E-state index is 8.91. The van der Waals surface area contributed by atoms with Crippen molar-refractivity contribution in [3.63, 3.8) is 0 Å². The topological polar surface area (TPSA) is 67.2 Å². The molecule has 0 saturated heterocycles. The Hall–Kier alpha value is -2.26. The van der Waals surface area contributed by atoms with Gasteiger partial charge in [-0.25, -0.2) is 4.98 Å². The third-order valence-electron chi connectivity index (χ3n) is 2.47. The number of fused-ring (bicyclic) bond motifs is 1. The minimum Gasteiger partial charge on any atom is -0.486 e. The average Bonchev–Trinajstić information content (AvgIpc) is 2.86. The van der Waals surface area contributed by atoms with Crippen LogP contribution in [-0.2, 0) is 0 Å². The van der Waals surface area contributed by atoms with E-state index < -0.39 is 0 Å². The fourth-order valence-electron chi connectivity index (χ4n) is 1.67. The smallest absolute Gasteiger partial charge is 0.163 e. The van der Waals surface area contributed by atoms with Gasteiger partial charge in [-0.1, -0.05) is 0 Å². The van der Waals surface area contributed by atoms with E-state index in [0.29, 0.717) is 29.7 Å². The van der Waals surface area contributed by atoms with Crippen molar-refractivity contribution in [3.8, 4) is 17.6 Å². The highest BCUT2D eigenvalue weighted by molar-refractivity contribution is 7.10. The van der Waals surface area contributed by atoms with Crippen molar-refractivity contribution in [3.05, 3.63) is 28.6 Å². The molecule has 1 N–H and O–H groups in total. The zero-order valence-electron chi connectivity index (χ0n) is 9.34. The summed E-state index contributed by atoms with van der Waals surface area (Å²) in [7, 11) is 0. The van der Waals surface area contributed by atoms with Crippen LogP contribution in [0.25, 0.3) is 0 Å². The first-order chi connectivity index (χ1) is 8.86. The number of nitriles is 1. The van der Waals surface area contributed by atoms with Crippen molar-refractivity contribution >= 4 is 22.8 Å². The van der Waals surface area contributed by atoms with Crippen LogP contribution < -0.4 is 14.8 Å². The van der Waals surface area contributed by atoms with E-state index in [4.69, 9.17) is 14.7 Å². The van der Waals surface area contributed by atoms with E-state index in [0.717, 1.165) is 11.4 Å². The van der Waals surface area contributed by atoms with E-state index in [1.54, 1.807) is 5.51 Å². The summed E-state index contributed by atoms with van der Waals surface area (Å²) in [6, 6.07) is 7.65. The standard InChI is InChI=1S/C12H9N3O2S/c13-6-11-12(14-7-18-11)15-8-1-2-9-10(5-8)17-4-3-16-9/h1-2,5,7,15H,3-4H2. The van der Waals surface area contributed by atoms with Crippen LogP contribution in [0.1, 0.15) is 4.88 Å². The van der Waals surface area contributed by atoms with E-state index in [1.807, 2.05) is 18.2 Å². The number of benzene rings is 1. The van der Waals surface area contributed by atoms with Gasteiger partial charge in [-0.15, -0.1) is 11.3 Å². The number of ether oxygens (including phenoxy) is 2. The molecule has 1 aliphatic rings. The maximum absolute atomic E-state index is 8.91. The summed E-state index contributed by atoms with van der Waals surface area (Å²) >= 11 is 1.31. The zero-order valence-corrected chi connectivity index (χ0v) is 10.2. The van der Waals surface area contributed by atoms with Crippen LogP contribution in [0.2, 0.25) is 0 Å². The first-order valence-corrected chi connectivity index (χ1v) is 6.25. The van der Waals surface area contributed by atoms with Gasteiger partial charge in [0.05, 0.1) is 5.51 Å². The van der Waals surface area contributed by atoms with Crippen molar-refractivity contribution in [1.29, 1.82) is 5.26 Å². The van der Waals surface area contributed by atoms with Crippen LogP contribution in [0.5, 0.6) is 11.5 Å². The highest BCUT2D eigenvalue weighted by Crippen LogP contribution is 2.34. The molecular formula is C12H9N3O2S. The first kappa shape index (κ1) is 10.9. The van der Waals surface area contributed by atoms with E-state index in [9.17, 15) is 0 Å². The second-order valence-electron chi connectivity index (χ2n) is 3.63. The van der Waals surface area contributed by atoms with Gasteiger partial charge in [0, 0.05) is 11.8 Å². The third kappa shape index (κ3) is 1.96. The van der Waals surface area contributed by atoms with Gasteiger partial charge in [0.25, 0.3) is 0 Å². The Morgan fingerprint density at radius 3 is 2.94 bits per heavy atom. The quantitative estimate of drug-likeness (QED) is 0.897. The van der Waals surface area contributed by atoms with Crippen LogP contribution in [-0.4, -0.2) is 18.2 Å². The zero-order chi connectivity index (χ0) is 12.4. The summed E-state index contributed by atoms with van der Waals surface area (Å²) in [4.78, 5) is 4.67. The van der Waals surface area contributed by atoms with Crippen molar-refractivity contribution in [1.82, 2.24) is 4.98 Å². The van der Waals surface area contributed by atoms with Gasteiger partial charge in [0.1, 0.15) is 24.2 Å². The molecule has 18 heavy (non-hydrogen) atoms. The van der Waals surface area contributed by atoms with Gasteiger partial charge in [-0.3, -0.25) is 0 Å². The number of thiazole rings is 1. The summed E-state index contributed by atoms with van der Waals surface area (Å²) in [6.45, 7) is 1.13. The lowest BCUT2D eigenvalue weighted by molar-refractivity contribution is 0.171. The molecule has 90 valence electrons. The molecule has 0 fully saturated rings. The predicted molar refractivity (Wildman–Crippen MR) is 67.5 cm³/mol. The molecule has 3 rings (SSSR count). The van der Waals surface area contributed by atoms with Crippen molar-refractivity contribution in [2.24, 2.45) is 0 Å².